The van der Waals surface area contributed by atoms with Gasteiger partial charge in [-0.1, -0.05) is 25.0 Å². The van der Waals surface area contributed by atoms with Crippen LogP contribution in [0, 0.1) is 0 Å². The fourth-order valence-electron chi connectivity index (χ4n) is 4.79. The summed E-state index contributed by atoms with van der Waals surface area (Å²) >= 11 is 0. The molecule has 0 bridgehead atoms. The Morgan fingerprint density at radius 2 is 1.73 bits per heavy atom. The number of aryl methyl sites for hydroxylation is 1. The standard InChI is InChI=1S/C34H45N7O4/c1-6-41-33-28(24-37-41)32(38-31(39-33)26-12-11-19-35-23-26)40(5)20-21-44-27-17-15-25(16-18-27)22-36-29(42)13-9-7-8-10-14-30(43)45-34(2,3)4/h11-12,15-19,23-24H,6-10,13-14,20-22H2,1-5H3,(H,36,42). The van der Waals surface area contributed by atoms with Gasteiger partial charge in [0.05, 0.1) is 18.1 Å². The molecule has 4 rings (SSSR count). The van der Waals surface area contributed by atoms with Crippen LogP contribution >= 0.6 is 0 Å². The summed E-state index contributed by atoms with van der Waals surface area (Å²) in [5.41, 5.74) is 2.19. The number of hydrogen-bond acceptors (Lipinski definition) is 9. The van der Waals surface area contributed by atoms with Crippen molar-refractivity contribution in [1.29, 1.82) is 0 Å². The Labute approximate surface area is 265 Å². The highest BCUT2D eigenvalue weighted by molar-refractivity contribution is 5.88. The molecule has 45 heavy (non-hydrogen) atoms. The first-order valence-corrected chi connectivity index (χ1v) is 15.7. The van der Waals surface area contributed by atoms with E-state index < -0.39 is 5.60 Å². The molecule has 3 aromatic heterocycles. The lowest BCUT2D eigenvalue weighted by Crippen LogP contribution is -2.25. The van der Waals surface area contributed by atoms with E-state index in [1.54, 1.807) is 12.4 Å². The molecular formula is C34H45N7O4. The van der Waals surface area contributed by atoms with Crippen LogP contribution < -0.4 is 15.0 Å². The van der Waals surface area contributed by atoms with Crippen LogP contribution in [0.3, 0.4) is 0 Å². The minimum absolute atomic E-state index is 0.0282. The summed E-state index contributed by atoms with van der Waals surface area (Å²) < 4.78 is 13.2. The summed E-state index contributed by atoms with van der Waals surface area (Å²) in [5.74, 6) is 2.01. The van der Waals surface area contributed by atoms with Gasteiger partial charge < -0.3 is 19.7 Å². The van der Waals surface area contributed by atoms with Crippen LogP contribution in [0.25, 0.3) is 22.4 Å². The molecule has 1 N–H and O–H groups in total. The lowest BCUT2D eigenvalue weighted by atomic mass is 10.1. The molecule has 0 aliphatic carbocycles. The maximum absolute atomic E-state index is 12.3. The largest absolute Gasteiger partial charge is 0.492 e. The van der Waals surface area contributed by atoms with E-state index in [1.165, 1.54) is 0 Å². The smallest absolute Gasteiger partial charge is 0.306 e. The van der Waals surface area contributed by atoms with Crippen molar-refractivity contribution in [3.8, 4) is 17.1 Å². The van der Waals surface area contributed by atoms with Gasteiger partial charge in [0.1, 0.15) is 23.8 Å². The first-order valence-electron chi connectivity index (χ1n) is 15.7. The van der Waals surface area contributed by atoms with Crippen molar-refractivity contribution in [3.63, 3.8) is 0 Å². The molecule has 0 radical (unpaired) electrons. The third kappa shape index (κ3) is 10.3. The number of carbonyl (C=O) groups is 2. The Balaban J connectivity index is 1.19. The number of nitrogens with zero attached hydrogens (tertiary/aromatic N) is 6. The quantitative estimate of drug-likeness (QED) is 0.124. The fourth-order valence-corrected chi connectivity index (χ4v) is 4.79. The summed E-state index contributed by atoms with van der Waals surface area (Å²) in [4.78, 5) is 39.9. The van der Waals surface area contributed by atoms with Gasteiger partial charge in [0.25, 0.3) is 0 Å². The number of esters is 1. The highest BCUT2D eigenvalue weighted by Crippen LogP contribution is 2.27. The lowest BCUT2D eigenvalue weighted by molar-refractivity contribution is -0.154. The number of amides is 1. The average molecular weight is 616 g/mol. The molecular weight excluding hydrogens is 570 g/mol. The number of ether oxygens (including phenoxy) is 2. The lowest BCUT2D eigenvalue weighted by Gasteiger charge is -2.20. The minimum Gasteiger partial charge on any atom is -0.492 e. The number of carbonyl (C=O) groups excluding carboxylic acids is 2. The van der Waals surface area contributed by atoms with Crippen LogP contribution in [-0.4, -0.2) is 62.4 Å². The van der Waals surface area contributed by atoms with Gasteiger partial charge in [-0.15, -0.1) is 0 Å². The number of rotatable bonds is 16. The number of aromatic nitrogens is 5. The molecule has 4 aromatic rings. The van der Waals surface area contributed by atoms with E-state index in [1.807, 2.05) is 82.0 Å². The van der Waals surface area contributed by atoms with Crippen molar-refractivity contribution < 1.29 is 19.1 Å². The Morgan fingerprint density at radius 3 is 2.42 bits per heavy atom. The van der Waals surface area contributed by atoms with E-state index in [4.69, 9.17) is 19.4 Å². The molecule has 0 aliphatic heterocycles. The number of nitrogens with one attached hydrogen (secondary N) is 1. The third-order valence-electron chi connectivity index (χ3n) is 7.12. The SMILES string of the molecule is CCn1ncc2c(N(C)CCOc3ccc(CNC(=O)CCCCCCC(=O)OC(C)(C)C)cc3)nc(-c3cccnc3)nc21. The van der Waals surface area contributed by atoms with E-state index in [-0.39, 0.29) is 11.9 Å². The maximum Gasteiger partial charge on any atom is 0.306 e. The van der Waals surface area contributed by atoms with E-state index in [0.717, 1.165) is 59.4 Å². The maximum atomic E-state index is 12.3. The zero-order valence-electron chi connectivity index (χ0n) is 27.1. The minimum atomic E-state index is -0.445. The number of anilines is 1. The van der Waals surface area contributed by atoms with Gasteiger partial charge in [0.2, 0.25) is 5.91 Å². The van der Waals surface area contributed by atoms with Gasteiger partial charge >= 0.3 is 5.97 Å². The normalized spacial score (nSPS) is 11.4. The molecule has 0 aliphatic rings. The van der Waals surface area contributed by atoms with Gasteiger partial charge in [0, 0.05) is 50.9 Å². The highest BCUT2D eigenvalue weighted by Gasteiger charge is 2.17. The van der Waals surface area contributed by atoms with Crippen LogP contribution in [0.1, 0.15) is 71.8 Å². The predicted molar refractivity (Wildman–Crippen MR) is 175 cm³/mol. The van der Waals surface area contributed by atoms with E-state index in [2.05, 4.69) is 20.3 Å². The topological polar surface area (TPSA) is 124 Å². The number of hydrogen-bond donors (Lipinski definition) is 1. The molecule has 11 nitrogen and oxygen atoms in total. The molecule has 1 amide bonds. The Morgan fingerprint density at radius 1 is 0.978 bits per heavy atom. The van der Waals surface area contributed by atoms with Crippen LogP contribution in [0.5, 0.6) is 5.75 Å². The summed E-state index contributed by atoms with van der Waals surface area (Å²) in [6, 6.07) is 11.6. The van der Waals surface area contributed by atoms with Crippen molar-refractivity contribution in [2.24, 2.45) is 0 Å². The Bertz CT molecular complexity index is 1530. The van der Waals surface area contributed by atoms with Crippen molar-refractivity contribution in [3.05, 3.63) is 60.6 Å². The molecule has 0 atom stereocenters. The third-order valence-corrected chi connectivity index (χ3v) is 7.12. The zero-order chi connectivity index (χ0) is 32.2. The van der Waals surface area contributed by atoms with Gasteiger partial charge in [-0.2, -0.15) is 5.10 Å². The summed E-state index contributed by atoms with van der Waals surface area (Å²) in [5, 5.41) is 8.36. The molecule has 0 saturated heterocycles. The van der Waals surface area contributed by atoms with E-state index >= 15 is 0 Å². The molecule has 0 fully saturated rings. The van der Waals surface area contributed by atoms with Crippen molar-refractivity contribution in [1.82, 2.24) is 30.0 Å². The van der Waals surface area contributed by atoms with E-state index in [0.29, 0.717) is 44.9 Å². The summed E-state index contributed by atoms with van der Waals surface area (Å²) in [6.07, 6.45) is 9.59. The Kier molecular flexibility index (Phi) is 11.8. The predicted octanol–water partition coefficient (Wildman–Crippen LogP) is 5.72. The van der Waals surface area contributed by atoms with Gasteiger partial charge in [0.15, 0.2) is 11.5 Å². The molecule has 11 heteroatoms. The van der Waals surface area contributed by atoms with Gasteiger partial charge in [-0.3, -0.25) is 14.6 Å². The highest BCUT2D eigenvalue weighted by atomic mass is 16.6. The zero-order valence-corrected chi connectivity index (χ0v) is 27.1. The molecule has 0 unspecified atom stereocenters. The van der Waals surface area contributed by atoms with Crippen molar-refractivity contribution in [2.75, 3.05) is 25.1 Å². The van der Waals surface area contributed by atoms with Gasteiger partial charge in [-0.25, -0.2) is 14.6 Å². The molecule has 3 heterocycles. The van der Waals surface area contributed by atoms with Crippen LogP contribution in [0.2, 0.25) is 0 Å². The number of benzene rings is 1. The summed E-state index contributed by atoms with van der Waals surface area (Å²) in [6.45, 7) is 9.89. The summed E-state index contributed by atoms with van der Waals surface area (Å²) in [7, 11) is 1.98. The Hall–Kier alpha value is -4.54. The number of pyridine rings is 1. The first-order chi connectivity index (χ1) is 21.6. The molecule has 1 aromatic carbocycles. The van der Waals surface area contributed by atoms with Crippen molar-refractivity contribution >= 4 is 28.7 Å². The van der Waals surface area contributed by atoms with Crippen molar-refractivity contribution in [2.45, 2.75) is 84.9 Å². The number of likely N-dealkylation sites (N-methyl/N-ethyl adjacent to an activating group) is 1. The van der Waals surface area contributed by atoms with Gasteiger partial charge in [-0.05, 0) is 70.4 Å². The monoisotopic (exact) mass is 615 g/mol. The second-order valence-corrected chi connectivity index (χ2v) is 12.0. The second-order valence-electron chi connectivity index (χ2n) is 12.0. The number of unbranched alkanes of at least 4 members (excludes halogenated alkanes) is 3. The average Bonchev–Trinajstić information content (AvgIpc) is 3.44. The van der Waals surface area contributed by atoms with E-state index in [9.17, 15) is 9.59 Å². The first kappa shape index (κ1) is 33.4. The second kappa shape index (κ2) is 16.0. The van der Waals surface area contributed by atoms with Crippen LogP contribution in [0.4, 0.5) is 5.82 Å². The molecule has 0 spiro atoms. The molecule has 0 saturated carbocycles. The molecule has 240 valence electrons. The fraction of sp³-hybridized carbons (Fsp3) is 0.471. The van der Waals surface area contributed by atoms with Crippen LogP contribution in [-0.2, 0) is 27.4 Å². The van der Waals surface area contributed by atoms with Crippen LogP contribution in [0.15, 0.2) is 55.0 Å². The number of fused-ring (bicyclic) bond motifs is 1.